The lowest BCUT2D eigenvalue weighted by molar-refractivity contribution is -0.140. The van der Waals surface area contributed by atoms with Gasteiger partial charge in [0.2, 0.25) is 5.60 Å². The van der Waals surface area contributed by atoms with E-state index < -0.39 is 17.6 Å². The minimum Gasteiger partial charge on any atom is -0.425 e. The molecule has 1 aliphatic heterocycles. The topological polar surface area (TPSA) is 91.2 Å². The summed E-state index contributed by atoms with van der Waals surface area (Å²) in [7, 11) is 1.47. The third-order valence-electron chi connectivity index (χ3n) is 2.84. The van der Waals surface area contributed by atoms with Gasteiger partial charge >= 0.3 is 6.09 Å². The smallest absolute Gasteiger partial charge is 0.425 e. The van der Waals surface area contributed by atoms with E-state index in [1.54, 1.807) is 24.3 Å². The Bertz CT molecular complexity index is 543. The minimum absolute atomic E-state index is 0.309. The number of carbonyl (C=O) groups excluding carboxylic acids is 2. The van der Waals surface area contributed by atoms with Crippen LogP contribution in [0.4, 0.5) is 4.79 Å². The lowest BCUT2D eigenvalue weighted by Crippen LogP contribution is -2.48. The van der Waals surface area contributed by atoms with Crippen molar-refractivity contribution in [3.63, 3.8) is 0 Å². The Labute approximate surface area is 109 Å². The van der Waals surface area contributed by atoms with Crippen LogP contribution in [-0.2, 0) is 9.53 Å². The molecule has 0 radical (unpaired) electrons. The summed E-state index contributed by atoms with van der Waals surface area (Å²) in [6.07, 6.45) is -1.12. The molecule has 0 saturated heterocycles. The Hall–Kier alpha value is -2.41. The van der Waals surface area contributed by atoms with Crippen LogP contribution in [0.25, 0.3) is 0 Å². The Kier molecular flexibility index (Phi) is 3.22. The van der Waals surface area contributed by atoms with Crippen LogP contribution < -0.4 is 5.48 Å². The van der Waals surface area contributed by atoms with E-state index in [0.29, 0.717) is 11.3 Å². The molecule has 0 bridgehead atoms. The number of likely N-dealkylation sites (N-methyl/N-ethyl adjacent to an activating group) is 1. The number of hydrazone groups is 1. The number of carbonyl (C=O) groups is 2. The van der Waals surface area contributed by atoms with Crippen LogP contribution in [0.5, 0.6) is 0 Å². The molecule has 1 aliphatic rings. The third-order valence-corrected chi connectivity index (χ3v) is 2.84. The summed E-state index contributed by atoms with van der Waals surface area (Å²) in [5.74, 6) is -0.491. The van der Waals surface area contributed by atoms with Gasteiger partial charge in [0.1, 0.15) is 5.71 Å². The van der Waals surface area contributed by atoms with Gasteiger partial charge in [-0.2, -0.15) is 5.10 Å². The molecule has 1 heterocycles. The first-order chi connectivity index (χ1) is 8.99. The average molecular weight is 263 g/mol. The summed E-state index contributed by atoms with van der Waals surface area (Å²) in [5.41, 5.74) is 0.741. The second kappa shape index (κ2) is 4.69. The lowest BCUT2D eigenvalue weighted by Gasteiger charge is -2.23. The van der Waals surface area contributed by atoms with Gasteiger partial charge in [0.15, 0.2) is 0 Å². The number of benzene rings is 1. The monoisotopic (exact) mass is 263 g/mol. The molecule has 2 rings (SSSR count). The quantitative estimate of drug-likeness (QED) is 0.608. The second-order valence-electron chi connectivity index (χ2n) is 4.18. The van der Waals surface area contributed by atoms with Gasteiger partial charge in [0, 0.05) is 12.6 Å². The predicted molar refractivity (Wildman–Crippen MR) is 65.6 cm³/mol. The van der Waals surface area contributed by atoms with Gasteiger partial charge < -0.3 is 4.74 Å². The number of hydrogen-bond acceptors (Lipinski definition) is 5. The van der Waals surface area contributed by atoms with E-state index in [1.807, 2.05) is 6.07 Å². The molecule has 0 fully saturated rings. The highest BCUT2D eigenvalue weighted by molar-refractivity contribution is 6.22. The van der Waals surface area contributed by atoms with E-state index in [1.165, 1.54) is 19.5 Å². The summed E-state index contributed by atoms with van der Waals surface area (Å²) in [6.45, 7) is 1.43. The van der Waals surface area contributed by atoms with Crippen LogP contribution in [0, 0.1) is 0 Å². The summed E-state index contributed by atoms with van der Waals surface area (Å²) in [5, 5.41) is 13.7. The second-order valence-corrected chi connectivity index (χ2v) is 4.18. The zero-order valence-electron chi connectivity index (χ0n) is 10.5. The number of hydroxylamine groups is 1. The molecule has 0 saturated carbocycles. The summed E-state index contributed by atoms with van der Waals surface area (Å²) in [6, 6.07) is 8.90. The van der Waals surface area contributed by atoms with Crippen molar-refractivity contribution in [3.8, 4) is 0 Å². The zero-order chi connectivity index (χ0) is 14.0. The molecule has 0 spiro atoms. The largest absolute Gasteiger partial charge is 0.432 e. The molecule has 7 nitrogen and oxygen atoms in total. The fraction of sp³-hybridized carbons (Fsp3) is 0.250. The first-order valence-electron chi connectivity index (χ1n) is 5.55. The van der Waals surface area contributed by atoms with Gasteiger partial charge in [0.05, 0.1) is 0 Å². The summed E-state index contributed by atoms with van der Waals surface area (Å²) in [4.78, 5) is 23.3. The summed E-state index contributed by atoms with van der Waals surface area (Å²) >= 11 is 0. The van der Waals surface area contributed by atoms with Crippen LogP contribution in [0.1, 0.15) is 12.5 Å². The van der Waals surface area contributed by atoms with E-state index >= 15 is 0 Å². The van der Waals surface area contributed by atoms with Crippen LogP contribution in [0.2, 0.25) is 0 Å². The maximum atomic E-state index is 12.1. The van der Waals surface area contributed by atoms with Gasteiger partial charge in [-0.3, -0.25) is 10.0 Å². The van der Waals surface area contributed by atoms with Crippen molar-refractivity contribution >= 4 is 17.7 Å². The number of amides is 2. The molecule has 1 atom stereocenters. The van der Waals surface area contributed by atoms with Crippen molar-refractivity contribution in [2.24, 2.45) is 5.10 Å². The van der Waals surface area contributed by atoms with E-state index in [-0.39, 0.29) is 0 Å². The molecule has 1 aromatic carbocycles. The number of rotatable bonds is 2. The normalized spacial score (nSPS) is 22.2. The number of hydrogen-bond donors (Lipinski definition) is 2. The van der Waals surface area contributed by atoms with Crippen molar-refractivity contribution in [3.05, 3.63) is 35.9 Å². The zero-order valence-corrected chi connectivity index (χ0v) is 10.5. The van der Waals surface area contributed by atoms with E-state index in [9.17, 15) is 9.59 Å². The molecule has 0 aromatic heterocycles. The first-order valence-corrected chi connectivity index (χ1v) is 5.55. The molecule has 19 heavy (non-hydrogen) atoms. The van der Waals surface area contributed by atoms with E-state index in [4.69, 9.17) is 9.94 Å². The molecular formula is C12H13N3O4. The van der Waals surface area contributed by atoms with Crippen LogP contribution in [0.15, 0.2) is 35.4 Å². The lowest BCUT2D eigenvalue weighted by atomic mass is 9.94. The van der Waals surface area contributed by atoms with Gasteiger partial charge in [-0.1, -0.05) is 30.3 Å². The standard InChI is InChI=1S/C12H13N3O4/c1-12(19-11(17)14-18)9(13-15(2)10(12)16)8-6-4-3-5-7-8/h3-7,18H,1-2H3,(H,14,17). The van der Waals surface area contributed by atoms with Crippen molar-refractivity contribution in [1.29, 1.82) is 0 Å². The Morgan fingerprint density at radius 3 is 2.63 bits per heavy atom. The molecule has 2 amide bonds. The molecular weight excluding hydrogens is 250 g/mol. The molecule has 1 aromatic rings. The third kappa shape index (κ3) is 2.15. The van der Waals surface area contributed by atoms with Crippen LogP contribution >= 0.6 is 0 Å². The highest BCUT2D eigenvalue weighted by Gasteiger charge is 2.50. The van der Waals surface area contributed by atoms with Crippen LogP contribution in [0.3, 0.4) is 0 Å². The molecule has 7 heteroatoms. The highest BCUT2D eigenvalue weighted by Crippen LogP contribution is 2.27. The van der Waals surface area contributed by atoms with E-state index in [0.717, 1.165) is 5.01 Å². The van der Waals surface area contributed by atoms with Crippen molar-refractivity contribution in [2.75, 3.05) is 7.05 Å². The van der Waals surface area contributed by atoms with E-state index in [2.05, 4.69) is 5.10 Å². The number of nitrogens with zero attached hydrogens (tertiary/aromatic N) is 2. The van der Waals surface area contributed by atoms with Crippen molar-refractivity contribution in [2.45, 2.75) is 12.5 Å². The van der Waals surface area contributed by atoms with Gasteiger partial charge in [-0.25, -0.2) is 15.3 Å². The number of ether oxygens (including phenoxy) is 1. The minimum atomic E-state index is -1.57. The fourth-order valence-electron chi connectivity index (χ4n) is 1.93. The van der Waals surface area contributed by atoms with Gasteiger partial charge in [0.25, 0.3) is 5.91 Å². The molecule has 2 N–H and O–H groups in total. The Morgan fingerprint density at radius 2 is 2.05 bits per heavy atom. The van der Waals surface area contributed by atoms with Crippen LogP contribution in [-0.4, -0.2) is 40.6 Å². The Balaban J connectivity index is 2.43. The summed E-state index contributed by atoms with van der Waals surface area (Å²) < 4.78 is 4.98. The van der Waals surface area contributed by atoms with Crippen molar-refractivity contribution < 1.29 is 19.5 Å². The molecule has 1 unspecified atom stereocenters. The van der Waals surface area contributed by atoms with Gasteiger partial charge in [-0.15, -0.1) is 0 Å². The molecule has 0 aliphatic carbocycles. The van der Waals surface area contributed by atoms with Gasteiger partial charge in [-0.05, 0) is 6.92 Å². The SMILES string of the molecule is CN1N=C(c2ccccc2)C(C)(OC(=O)NO)C1=O. The highest BCUT2D eigenvalue weighted by atomic mass is 16.6. The van der Waals surface area contributed by atoms with Crippen molar-refractivity contribution in [1.82, 2.24) is 10.5 Å². The maximum absolute atomic E-state index is 12.1. The average Bonchev–Trinajstić information content (AvgIpc) is 2.64. The first kappa shape index (κ1) is 13.0. The fourth-order valence-corrected chi connectivity index (χ4v) is 1.93. The maximum Gasteiger partial charge on any atom is 0.432 e. The predicted octanol–water partition coefficient (Wildman–Crippen LogP) is 0.737. The molecule has 100 valence electrons. The Morgan fingerprint density at radius 1 is 1.42 bits per heavy atom. The number of nitrogens with one attached hydrogen (secondary N) is 1.